The van der Waals surface area contributed by atoms with Crippen molar-refractivity contribution >= 4 is 33.4 Å². The Morgan fingerprint density at radius 3 is 1.04 bits per heavy atom. The minimum absolute atomic E-state index is 0.955. The Morgan fingerprint density at radius 2 is 0.618 bits per heavy atom. The lowest BCUT2D eigenvalue weighted by Gasteiger charge is -2.26. The Labute approximate surface area is 397 Å². The molecule has 0 aliphatic heterocycles. The molecule has 2 heterocycles. The molecule has 0 radical (unpaired) electrons. The van der Waals surface area contributed by atoms with Gasteiger partial charge in [0.15, 0.2) is 0 Å². The van der Waals surface area contributed by atoms with Crippen LogP contribution >= 0.6 is 0 Å². The zero-order chi connectivity index (χ0) is 45.2. The Balaban J connectivity index is 1.00. The SMILES string of the molecule is c1ccc(-c2ccc(-c3ccc(N(c4ccc(-c5ccc(-c6ccccc6)cc5)cc4)c4ccc5c(c4)cc(-c4ccccc4)n4nc(-c6ccccc6)c(-c6ccccc6)c54)cc3)cc2)cc1. The van der Waals surface area contributed by atoms with Crippen molar-refractivity contribution in [1.82, 2.24) is 9.61 Å². The van der Waals surface area contributed by atoms with Crippen molar-refractivity contribution in [2.24, 2.45) is 0 Å². The number of aromatic nitrogens is 2. The molecule has 0 bridgehead atoms. The van der Waals surface area contributed by atoms with Crippen LogP contribution in [0.4, 0.5) is 17.1 Å². The van der Waals surface area contributed by atoms with Crippen LogP contribution in [-0.2, 0) is 0 Å². The van der Waals surface area contributed by atoms with Gasteiger partial charge < -0.3 is 4.90 Å². The number of benzene rings is 10. The van der Waals surface area contributed by atoms with Crippen LogP contribution in [0.2, 0.25) is 0 Å². The Bertz CT molecular complexity index is 3520. The molecule has 0 unspecified atom stereocenters. The second-order valence-corrected chi connectivity index (χ2v) is 17.2. The fraction of sp³-hybridized carbons (Fsp3) is 0. The van der Waals surface area contributed by atoms with E-state index in [9.17, 15) is 0 Å². The topological polar surface area (TPSA) is 20.5 Å². The Kier molecular flexibility index (Phi) is 10.6. The second-order valence-electron chi connectivity index (χ2n) is 17.2. The summed E-state index contributed by atoms with van der Waals surface area (Å²) in [6.07, 6.45) is 0. The smallest absolute Gasteiger partial charge is 0.101 e. The van der Waals surface area contributed by atoms with E-state index in [4.69, 9.17) is 5.10 Å². The van der Waals surface area contributed by atoms with E-state index < -0.39 is 0 Å². The average molecular weight is 868 g/mol. The van der Waals surface area contributed by atoms with Gasteiger partial charge in [-0.25, -0.2) is 4.52 Å². The first-order valence-corrected chi connectivity index (χ1v) is 23.2. The number of hydrogen-bond donors (Lipinski definition) is 0. The number of nitrogens with zero attached hydrogens (tertiary/aromatic N) is 3. The molecule has 68 heavy (non-hydrogen) atoms. The zero-order valence-corrected chi connectivity index (χ0v) is 37.3. The van der Waals surface area contributed by atoms with Crippen LogP contribution in [0, 0.1) is 0 Å². The standard InChI is InChI=1S/C65H45N3/c1-6-16-46(17-7-1)48-26-30-50(31-27-48)52-34-38-58(39-35-52)67(59-40-36-53(37-41-59)51-32-28-49(29-33-51)47-18-8-2-9-19-47)60-42-43-61-57(44-60)45-62(54-20-10-3-11-21-54)68-65(61)63(55-22-12-4-13-23-55)64(66-68)56-24-14-5-15-25-56/h1-45H. The maximum Gasteiger partial charge on any atom is 0.101 e. The molecule has 0 spiro atoms. The van der Waals surface area contributed by atoms with Gasteiger partial charge >= 0.3 is 0 Å². The Morgan fingerprint density at radius 1 is 0.279 bits per heavy atom. The van der Waals surface area contributed by atoms with Crippen molar-refractivity contribution in [3.8, 4) is 78.1 Å². The summed E-state index contributed by atoms with van der Waals surface area (Å²) in [5.41, 5.74) is 20.2. The summed E-state index contributed by atoms with van der Waals surface area (Å²) < 4.78 is 2.16. The van der Waals surface area contributed by atoms with Crippen molar-refractivity contribution in [3.05, 3.63) is 273 Å². The highest BCUT2D eigenvalue weighted by Gasteiger charge is 2.23. The fourth-order valence-corrected chi connectivity index (χ4v) is 9.59. The number of hydrogen-bond acceptors (Lipinski definition) is 2. The van der Waals surface area contributed by atoms with Crippen molar-refractivity contribution < 1.29 is 0 Å². The number of fused-ring (bicyclic) bond motifs is 3. The third-order valence-corrected chi connectivity index (χ3v) is 13.0. The number of rotatable bonds is 10. The molecule has 0 saturated carbocycles. The zero-order valence-electron chi connectivity index (χ0n) is 37.3. The second kappa shape index (κ2) is 17.7. The third kappa shape index (κ3) is 7.72. The lowest BCUT2D eigenvalue weighted by Crippen LogP contribution is -2.10. The average Bonchev–Trinajstić information content (AvgIpc) is 3.84. The summed E-state index contributed by atoms with van der Waals surface area (Å²) in [6, 6.07) is 97.9. The van der Waals surface area contributed by atoms with Crippen molar-refractivity contribution in [1.29, 1.82) is 0 Å². The van der Waals surface area contributed by atoms with E-state index in [1.54, 1.807) is 0 Å². The summed E-state index contributed by atoms with van der Waals surface area (Å²) in [7, 11) is 0. The Hall–Kier alpha value is -9.05. The van der Waals surface area contributed by atoms with Gasteiger partial charge in [-0.15, -0.1) is 0 Å². The molecule has 0 fully saturated rings. The molecular formula is C65H45N3. The molecule has 0 amide bonds. The fourth-order valence-electron chi connectivity index (χ4n) is 9.59. The molecule has 2 aromatic heterocycles. The molecule has 12 aromatic rings. The number of pyridine rings is 1. The molecular weight excluding hydrogens is 823 g/mol. The first kappa shape index (κ1) is 40.5. The van der Waals surface area contributed by atoms with E-state index in [1.165, 1.54) is 44.5 Å². The monoisotopic (exact) mass is 867 g/mol. The van der Waals surface area contributed by atoms with Gasteiger partial charge in [0.05, 0.1) is 11.2 Å². The van der Waals surface area contributed by atoms with Crippen LogP contribution in [0.25, 0.3) is 94.4 Å². The highest BCUT2D eigenvalue weighted by atomic mass is 15.2. The summed E-state index contributed by atoms with van der Waals surface area (Å²) in [6.45, 7) is 0. The van der Waals surface area contributed by atoms with E-state index in [0.717, 1.165) is 67.0 Å². The summed E-state index contributed by atoms with van der Waals surface area (Å²) >= 11 is 0. The van der Waals surface area contributed by atoms with Crippen LogP contribution in [0.15, 0.2) is 273 Å². The summed E-state index contributed by atoms with van der Waals surface area (Å²) in [5.74, 6) is 0. The quantitative estimate of drug-likeness (QED) is 0.136. The highest BCUT2D eigenvalue weighted by molar-refractivity contribution is 6.09. The molecule has 0 atom stereocenters. The van der Waals surface area contributed by atoms with Crippen LogP contribution < -0.4 is 4.90 Å². The predicted molar refractivity (Wildman–Crippen MR) is 285 cm³/mol. The van der Waals surface area contributed by atoms with E-state index in [0.29, 0.717) is 0 Å². The molecule has 3 heteroatoms. The van der Waals surface area contributed by atoms with Crippen molar-refractivity contribution in [2.45, 2.75) is 0 Å². The molecule has 10 aromatic carbocycles. The maximum atomic E-state index is 5.45. The van der Waals surface area contributed by atoms with Gasteiger partial charge in [-0.05, 0) is 97.9 Å². The lowest BCUT2D eigenvalue weighted by atomic mass is 9.96. The third-order valence-electron chi connectivity index (χ3n) is 13.0. The predicted octanol–water partition coefficient (Wildman–Crippen LogP) is 17.6. The van der Waals surface area contributed by atoms with Gasteiger partial charge in [0, 0.05) is 39.1 Å². The van der Waals surface area contributed by atoms with Gasteiger partial charge in [-0.2, -0.15) is 5.10 Å². The molecule has 0 saturated heterocycles. The van der Waals surface area contributed by atoms with Crippen molar-refractivity contribution in [3.63, 3.8) is 0 Å². The molecule has 0 N–H and O–H groups in total. The first-order valence-electron chi connectivity index (χ1n) is 23.2. The molecule has 3 nitrogen and oxygen atoms in total. The number of anilines is 3. The van der Waals surface area contributed by atoms with Crippen LogP contribution in [0.1, 0.15) is 0 Å². The van der Waals surface area contributed by atoms with Gasteiger partial charge in [0.25, 0.3) is 0 Å². The van der Waals surface area contributed by atoms with Crippen molar-refractivity contribution in [2.75, 3.05) is 4.90 Å². The molecule has 320 valence electrons. The minimum Gasteiger partial charge on any atom is -0.310 e. The normalized spacial score (nSPS) is 11.2. The molecule has 12 rings (SSSR count). The molecule has 0 aliphatic rings. The summed E-state index contributed by atoms with van der Waals surface area (Å²) in [5, 5.41) is 7.71. The van der Waals surface area contributed by atoms with Gasteiger partial charge in [-0.3, -0.25) is 0 Å². The largest absolute Gasteiger partial charge is 0.310 e. The van der Waals surface area contributed by atoms with E-state index in [-0.39, 0.29) is 0 Å². The van der Waals surface area contributed by atoms with E-state index in [2.05, 4.69) is 282 Å². The van der Waals surface area contributed by atoms with Crippen LogP contribution in [0.3, 0.4) is 0 Å². The molecule has 0 aliphatic carbocycles. The highest BCUT2D eigenvalue weighted by Crippen LogP contribution is 2.44. The van der Waals surface area contributed by atoms with Crippen LogP contribution in [-0.4, -0.2) is 9.61 Å². The maximum absolute atomic E-state index is 5.45. The van der Waals surface area contributed by atoms with Gasteiger partial charge in [-0.1, -0.05) is 231 Å². The van der Waals surface area contributed by atoms with Gasteiger partial charge in [0.2, 0.25) is 0 Å². The first-order chi connectivity index (χ1) is 33.7. The summed E-state index contributed by atoms with van der Waals surface area (Å²) in [4.78, 5) is 2.38. The minimum atomic E-state index is 0.955. The van der Waals surface area contributed by atoms with Gasteiger partial charge in [0.1, 0.15) is 5.69 Å². The van der Waals surface area contributed by atoms with E-state index >= 15 is 0 Å². The van der Waals surface area contributed by atoms with E-state index in [1.807, 2.05) is 0 Å². The van der Waals surface area contributed by atoms with Crippen LogP contribution in [0.5, 0.6) is 0 Å². The lowest BCUT2D eigenvalue weighted by molar-refractivity contribution is 0.979.